The number of para-hydroxylation sites is 1. The van der Waals surface area contributed by atoms with Crippen molar-refractivity contribution in [2.45, 2.75) is 32.1 Å². The lowest BCUT2D eigenvalue weighted by Crippen LogP contribution is -2.32. The smallest absolute Gasteiger partial charge is 0.253 e. The summed E-state index contributed by atoms with van der Waals surface area (Å²) in [6.45, 7) is 3.97. The standard InChI is InChI=1S/C21H26N2O3S/c1-4-15(2)22-21(25)18-7-5-6-8-19(18)23-20(24)14-27-13-16-9-11-17(26-3)12-10-16/h5-12,15H,4,13-14H2,1-3H3,(H,22,25)(H,23,24)/t15-/m0/s1. The second-order valence-electron chi connectivity index (χ2n) is 6.22. The third-order valence-corrected chi connectivity index (χ3v) is 5.10. The van der Waals surface area contributed by atoms with E-state index in [4.69, 9.17) is 4.74 Å². The van der Waals surface area contributed by atoms with E-state index in [1.165, 1.54) is 11.8 Å². The molecule has 27 heavy (non-hydrogen) atoms. The molecule has 0 aliphatic heterocycles. The molecule has 0 radical (unpaired) electrons. The summed E-state index contributed by atoms with van der Waals surface area (Å²) in [4.78, 5) is 24.7. The van der Waals surface area contributed by atoms with Crippen molar-refractivity contribution in [3.8, 4) is 5.75 Å². The molecular formula is C21H26N2O3S. The molecule has 0 spiro atoms. The van der Waals surface area contributed by atoms with Crippen LogP contribution in [0.15, 0.2) is 48.5 Å². The van der Waals surface area contributed by atoms with Crippen molar-refractivity contribution in [3.63, 3.8) is 0 Å². The SMILES string of the molecule is CC[C@H](C)NC(=O)c1ccccc1NC(=O)CSCc1ccc(OC)cc1. The highest BCUT2D eigenvalue weighted by Crippen LogP contribution is 2.18. The van der Waals surface area contributed by atoms with Gasteiger partial charge in [0.15, 0.2) is 0 Å². The van der Waals surface area contributed by atoms with Crippen molar-refractivity contribution in [2.75, 3.05) is 18.2 Å². The van der Waals surface area contributed by atoms with Gasteiger partial charge in [0.1, 0.15) is 5.75 Å². The zero-order valence-corrected chi connectivity index (χ0v) is 16.8. The van der Waals surface area contributed by atoms with Crippen molar-refractivity contribution >= 4 is 29.3 Å². The molecule has 6 heteroatoms. The summed E-state index contributed by atoms with van der Waals surface area (Å²) in [5.41, 5.74) is 2.14. The third-order valence-electron chi connectivity index (χ3n) is 4.10. The van der Waals surface area contributed by atoms with Gasteiger partial charge in [0.05, 0.1) is 24.1 Å². The largest absolute Gasteiger partial charge is 0.497 e. The molecule has 2 aromatic carbocycles. The molecule has 0 bridgehead atoms. The van der Waals surface area contributed by atoms with Gasteiger partial charge in [-0.1, -0.05) is 31.2 Å². The van der Waals surface area contributed by atoms with E-state index >= 15 is 0 Å². The van der Waals surface area contributed by atoms with Crippen LogP contribution < -0.4 is 15.4 Å². The van der Waals surface area contributed by atoms with Crippen LogP contribution in [0, 0.1) is 0 Å². The molecule has 0 saturated carbocycles. The number of thioether (sulfide) groups is 1. The first-order valence-electron chi connectivity index (χ1n) is 8.94. The molecule has 2 rings (SSSR count). The fourth-order valence-electron chi connectivity index (χ4n) is 2.36. The average molecular weight is 387 g/mol. The van der Waals surface area contributed by atoms with Crippen molar-refractivity contribution in [3.05, 3.63) is 59.7 Å². The average Bonchev–Trinajstić information content (AvgIpc) is 2.68. The van der Waals surface area contributed by atoms with Gasteiger partial charge in [-0.3, -0.25) is 9.59 Å². The number of amides is 2. The van der Waals surface area contributed by atoms with Crippen LogP contribution in [0.1, 0.15) is 36.2 Å². The van der Waals surface area contributed by atoms with Crippen molar-refractivity contribution in [1.82, 2.24) is 5.32 Å². The Morgan fingerprint density at radius 1 is 1.11 bits per heavy atom. The molecule has 0 unspecified atom stereocenters. The molecule has 1 atom stereocenters. The summed E-state index contributed by atoms with van der Waals surface area (Å²) in [5.74, 6) is 1.55. The molecule has 5 nitrogen and oxygen atoms in total. The molecular weight excluding hydrogens is 360 g/mol. The zero-order chi connectivity index (χ0) is 19.6. The molecule has 0 aliphatic rings. The third kappa shape index (κ3) is 6.64. The molecule has 0 fully saturated rings. The van der Waals surface area contributed by atoms with Gasteiger partial charge in [0.25, 0.3) is 5.91 Å². The molecule has 0 aliphatic carbocycles. The fourth-order valence-corrected chi connectivity index (χ4v) is 3.15. The lowest BCUT2D eigenvalue weighted by Gasteiger charge is -2.14. The number of carbonyl (C=O) groups is 2. The van der Waals surface area contributed by atoms with Crippen LogP contribution >= 0.6 is 11.8 Å². The monoisotopic (exact) mass is 386 g/mol. The van der Waals surface area contributed by atoms with Gasteiger partial charge in [0, 0.05) is 11.8 Å². The zero-order valence-electron chi connectivity index (χ0n) is 16.0. The quantitative estimate of drug-likeness (QED) is 0.681. The maximum absolute atomic E-state index is 12.4. The van der Waals surface area contributed by atoms with Gasteiger partial charge in [0.2, 0.25) is 5.91 Å². The minimum absolute atomic E-state index is 0.0845. The highest BCUT2D eigenvalue weighted by atomic mass is 32.2. The maximum Gasteiger partial charge on any atom is 0.253 e. The molecule has 2 amide bonds. The normalized spacial score (nSPS) is 11.5. The van der Waals surface area contributed by atoms with Crippen molar-refractivity contribution in [2.24, 2.45) is 0 Å². The van der Waals surface area contributed by atoms with Crippen molar-refractivity contribution < 1.29 is 14.3 Å². The summed E-state index contributed by atoms with van der Waals surface area (Å²) >= 11 is 1.52. The van der Waals surface area contributed by atoms with E-state index < -0.39 is 0 Å². The molecule has 0 aromatic heterocycles. The number of nitrogens with one attached hydrogen (secondary N) is 2. The Bertz CT molecular complexity index is 762. The minimum Gasteiger partial charge on any atom is -0.497 e. The first-order chi connectivity index (χ1) is 13.0. The van der Waals surface area contributed by atoms with E-state index in [0.717, 1.165) is 23.5 Å². The molecule has 2 aromatic rings. The van der Waals surface area contributed by atoms with Crippen molar-refractivity contribution in [1.29, 1.82) is 0 Å². The van der Waals surface area contributed by atoms with Gasteiger partial charge < -0.3 is 15.4 Å². The van der Waals surface area contributed by atoms with Crippen LogP contribution in [0.2, 0.25) is 0 Å². The number of methoxy groups -OCH3 is 1. The number of rotatable bonds is 9. The number of anilines is 1. The molecule has 2 N–H and O–H groups in total. The Labute approximate surface area is 164 Å². The lowest BCUT2D eigenvalue weighted by molar-refractivity contribution is -0.113. The summed E-state index contributed by atoms with van der Waals surface area (Å²) in [7, 11) is 1.63. The van der Waals surface area contributed by atoms with Gasteiger partial charge >= 0.3 is 0 Å². The predicted octanol–water partition coefficient (Wildman–Crippen LogP) is 4.10. The number of ether oxygens (including phenoxy) is 1. The maximum atomic E-state index is 12.4. The first-order valence-corrected chi connectivity index (χ1v) is 10.1. The first kappa shape index (κ1) is 20.8. The minimum atomic E-state index is -0.175. The Hall–Kier alpha value is -2.47. The van der Waals surface area contributed by atoms with E-state index in [9.17, 15) is 9.59 Å². The van der Waals surface area contributed by atoms with Crippen LogP contribution in [0.25, 0.3) is 0 Å². The van der Waals surface area contributed by atoms with Gasteiger partial charge in [-0.2, -0.15) is 0 Å². The Morgan fingerprint density at radius 3 is 2.48 bits per heavy atom. The Balaban J connectivity index is 1.88. The molecule has 0 saturated heterocycles. The Morgan fingerprint density at radius 2 is 1.81 bits per heavy atom. The van der Waals surface area contributed by atoms with E-state index in [-0.39, 0.29) is 17.9 Å². The van der Waals surface area contributed by atoms with E-state index in [0.29, 0.717) is 17.0 Å². The second kappa shape index (κ2) is 10.6. The summed E-state index contributed by atoms with van der Waals surface area (Å²) in [5, 5.41) is 5.77. The Kier molecular flexibility index (Phi) is 8.20. The predicted molar refractivity (Wildman–Crippen MR) is 111 cm³/mol. The van der Waals surface area contributed by atoms with Gasteiger partial charge in [-0.05, 0) is 43.2 Å². The van der Waals surface area contributed by atoms with Crippen LogP contribution in [0.4, 0.5) is 5.69 Å². The van der Waals surface area contributed by atoms with Crippen LogP contribution in [0.3, 0.4) is 0 Å². The van der Waals surface area contributed by atoms with E-state index in [1.807, 2.05) is 38.1 Å². The topological polar surface area (TPSA) is 67.4 Å². The van der Waals surface area contributed by atoms with Crippen LogP contribution in [-0.4, -0.2) is 30.7 Å². The molecule has 0 heterocycles. The second-order valence-corrected chi connectivity index (χ2v) is 7.20. The summed E-state index contributed by atoms with van der Waals surface area (Å²) < 4.78 is 5.14. The number of carbonyl (C=O) groups excluding carboxylic acids is 2. The summed E-state index contributed by atoms with van der Waals surface area (Å²) in [6.07, 6.45) is 0.849. The van der Waals surface area contributed by atoms with E-state index in [2.05, 4.69) is 10.6 Å². The number of hydrogen-bond donors (Lipinski definition) is 2. The number of hydrogen-bond acceptors (Lipinski definition) is 4. The van der Waals surface area contributed by atoms with Gasteiger partial charge in [-0.15, -0.1) is 11.8 Å². The molecule has 144 valence electrons. The summed E-state index contributed by atoms with van der Waals surface area (Å²) in [6, 6.07) is 14.9. The highest BCUT2D eigenvalue weighted by molar-refractivity contribution is 7.99. The van der Waals surface area contributed by atoms with E-state index in [1.54, 1.807) is 31.4 Å². The lowest BCUT2D eigenvalue weighted by atomic mass is 10.1. The number of benzene rings is 2. The highest BCUT2D eigenvalue weighted by Gasteiger charge is 2.14. The van der Waals surface area contributed by atoms with Gasteiger partial charge in [-0.25, -0.2) is 0 Å². The van der Waals surface area contributed by atoms with Crippen LogP contribution in [-0.2, 0) is 10.5 Å². The van der Waals surface area contributed by atoms with Crippen LogP contribution in [0.5, 0.6) is 5.75 Å². The fraction of sp³-hybridized carbons (Fsp3) is 0.333.